The standard InChI is InChI=1S/C14H21NO2S/c1-12(15-16)4-5-13-6-8-14(9-7-13)17-10-3-11-18-2/h6-9,16H,3-5,10-11H2,1-2H3/b15-12+. The lowest BCUT2D eigenvalue weighted by Gasteiger charge is -2.06. The van der Waals surface area contributed by atoms with Crippen LogP contribution in [0, 0.1) is 0 Å². The molecule has 3 nitrogen and oxygen atoms in total. The summed E-state index contributed by atoms with van der Waals surface area (Å²) in [6.45, 7) is 2.60. The molecule has 0 fully saturated rings. The van der Waals surface area contributed by atoms with Crippen LogP contribution in [0.15, 0.2) is 29.4 Å². The Morgan fingerprint density at radius 3 is 2.67 bits per heavy atom. The predicted octanol–water partition coefficient (Wildman–Crippen LogP) is 3.60. The van der Waals surface area contributed by atoms with Gasteiger partial charge in [-0.1, -0.05) is 17.3 Å². The first-order valence-electron chi connectivity index (χ1n) is 6.14. The Kier molecular flexibility index (Phi) is 7.34. The molecule has 0 atom stereocenters. The van der Waals surface area contributed by atoms with Crippen molar-refractivity contribution in [2.45, 2.75) is 26.2 Å². The second-order valence-corrected chi connectivity index (χ2v) is 5.16. The second kappa shape index (κ2) is 8.86. The van der Waals surface area contributed by atoms with Gasteiger partial charge in [-0.2, -0.15) is 11.8 Å². The van der Waals surface area contributed by atoms with Crippen LogP contribution >= 0.6 is 11.8 Å². The summed E-state index contributed by atoms with van der Waals surface area (Å²) >= 11 is 1.84. The number of hydrogen-bond donors (Lipinski definition) is 1. The van der Waals surface area contributed by atoms with E-state index in [0.29, 0.717) is 0 Å². The van der Waals surface area contributed by atoms with Gasteiger partial charge in [0.1, 0.15) is 5.75 Å². The molecule has 0 aromatic heterocycles. The summed E-state index contributed by atoms with van der Waals surface area (Å²) < 4.78 is 5.63. The Labute approximate surface area is 113 Å². The summed E-state index contributed by atoms with van der Waals surface area (Å²) in [6.07, 6.45) is 4.86. The fourth-order valence-corrected chi connectivity index (χ4v) is 1.93. The smallest absolute Gasteiger partial charge is 0.119 e. The van der Waals surface area contributed by atoms with Gasteiger partial charge in [0.25, 0.3) is 0 Å². The van der Waals surface area contributed by atoms with E-state index in [1.54, 1.807) is 0 Å². The van der Waals surface area contributed by atoms with Crippen LogP contribution in [-0.2, 0) is 6.42 Å². The number of nitrogens with zero attached hydrogens (tertiary/aromatic N) is 1. The molecule has 1 aromatic carbocycles. The molecule has 0 unspecified atom stereocenters. The van der Waals surface area contributed by atoms with Crippen molar-refractivity contribution in [1.29, 1.82) is 0 Å². The average molecular weight is 267 g/mol. The first-order chi connectivity index (χ1) is 8.76. The number of hydrogen-bond acceptors (Lipinski definition) is 4. The number of thioether (sulfide) groups is 1. The Morgan fingerprint density at radius 2 is 2.06 bits per heavy atom. The molecule has 0 amide bonds. The SMILES string of the molecule is CSCCCOc1ccc(CC/C(C)=N/O)cc1. The van der Waals surface area contributed by atoms with Gasteiger partial charge >= 0.3 is 0 Å². The van der Waals surface area contributed by atoms with E-state index in [0.717, 1.165) is 43.1 Å². The lowest BCUT2D eigenvalue weighted by Crippen LogP contribution is -1.99. The maximum absolute atomic E-state index is 8.56. The third kappa shape index (κ3) is 5.96. The molecule has 0 aliphatic heterocycles. The van der Waals surface area contributed by atoms with Crippen LogP contribution in [0.3, 0.4) is 0 Å². The molecule has 4 heteroatoms. The molecule has 0 aliphatic carbocycles. The van der Waals surface area contributed by atoms with Crippen molar-refractivity contribution in [3.05, 3.63) is 29.8 Å². The van der Waals surface area contributed by atoms with Crippen LogP contribution in [0.25, 0.3) is 0 Å². The van der Waals surface area contributed by atoms with Gasteiger partial charge in [0.15, 0.2) is 0 Å². The van der Waals surface area contributed by atoms with Crippen LogP contribution in [0.5, 0.6) is 5.75 Å². The van der Waals surface area contributed by atoms with Crippen molar-refractivity contribution < 1.29 is 9.94 Å². The predicted molar refractivity (Wildman–Crippen MR) is 78.2 cm³/mol. The summed E-state index contributed by atoms with van der Waals surface area (Å²) in [5.74, 6) is 2.06. The molecular formula is C14H21NO2S. The normalized spacial score (nSPS) is 11.6. The molecule has 0 saturated carbocycles. The van der Waals surface area contributed by atoms with Crippen molar-refractivity contribution >= 4 is 17.5 Å². The van der Waals surface area contributed by atoms with Crippen molar-refractivity contribution in [2.75, 3.05) is 18.6 Å². The zero-order valence-corrected chi connectivity index (χ0v) is 11.9. The zero-order chi connectivity index (χ0) is 13.2. The molecule has 100 valence electrons. The lowest BCUT2D eigenvalue weighted by molar-refractivity contribution is 0.317. The molecule has 0 heterocycles. The number of rotatable bonds is 8. The maximum atomic E-state index is 8.56. The molecule has 0 radical (unpaired) electrons. The largest absolute Gasteiger partial charge is 0.494 e. The Hall–Kier alpha value is -1.16. The average Bonchev–Trinajstić information content (AvgIpc) is 2.42. The van der Waals surface area contributed by atoms with Gasteiger partial charge in [-0.3, -0.25) is 0 Å². The summed E-state index contributed by atoms with van der Waals surface area (Å²) in [5.41, 5.74) is 1.99. The number of benzene rings is 1. The Morgan fingerprint density at radius 1 is 1.33 bits per heavy atom. The van der Waals surface area contributed by atoms with Gasteiger partial charge in [-0.25, -0.2) is 0 Å². The highest BCUT2D eigenvalue weighted by atomic mass is 32.2. The third-order valence-electron chi connectivity index (χ3n) is 2.63. The Balaban J connectivity index is 2.33. The molecule has 1 aromatic rings. The second-order valence-electron chi connectivity index (χ2n) is 4.17. The molecule has 1 rings (SSSR count). The molecular weight excluding hydrogens is 246 g/mol. The van der Waals surface area contributed by atoms with Gasteiger partial charge in [-0.05, 0) is 55.9 Å². The fraction of sp³-hybridized carbons (Fsp3) is 0.500. The van der Waals surface area contributed by atoms with Crippen LogP contribution in [-0.4, -0.2) is 29.5 Å². The number of aryl methyl sites for hydroxylation is 1. The van der Waals surface area contributed by atoms with E-state index >= 15 is 0 Å². The van der Waals surface area contributed by atoms with Crippen LogP contribution in [0.4, 0.5) is 0 Å². The van der Waals surface area contributed by atoms with Gasteiger partial charge < -0.3 is 9.94 Å². The summed E-state index contributed by atoms with van der Waals surface area (Å²) in [4.78, 5) is 0. The van der Waals surface area contributed by atoms with E-state index in [4.69, 9.17) is 9.94 Å². The lowest BCUT2D eigenvalue weighted by atomic mass is 10.1. The molecule has 0 saturated heterocycles. The molecule has 18 heavy (non-hydrogen) atoms. The maximum Gasteiger partial charge on any atom is 0.119 e. The van der Waals surface area contributed by atoms with E-state index in [2.05, 4.69) is 23.5 Å². The Bertz CT molecular complexity index is 363. The van der Waals surface area contributed by atoms with Gasteiger partial charge in [0.2, 0.25) is 0 Å². The van der Waals surface area contributed by atoms with Gasteiger partial charge in [-0.15, -0.1) is 0 Å². The highest BCUT2D eigenvalue weighted by molar-refractivity contribution is 7.98. The molecule has 0 spiro atoms. The van der Waals surface area contributed by atoms with Gasteiger partial charge in [0.05, 0.1) is 12.3 Å². The quantitative estimate of drug-likeness (QED) is 0.339. The molecule has 0 bridgehead atoms. The van der Waals surface area contributed by atoms with E-state index < -0.39 is 0 Å². The van der Waals surface area contributed by atoms with E-state index in [-0.39, 0.29) is 0 Å². The monoisotopic (exact) mass is 267 g/mol. The zero-order valence-electron chi connectivity index (χ0n) is 11.1. The minimum absolute atomic E-state index is 0.757. The minimum Gasteiger partial charge on any atom is -0.494 e. The third-order valence-corrected chi connectivity index (χ3v) is 3.33. The first-order valence-corrected chi connectivity index (χ1v) is 7.54. The highest BCUT2D eigenvalue weighted by Gasteiger charge is 1.98. The van der Waals surface area contributed by atoms with Crippen LogP contribution in [0.1, 0.15) is 25.3 Å². The number of ether oxygens (including phenoxy) is 1. The van der Waals surface area contributed by atoms with Crippen molar-refractivity contribution in [3.63, 3.8) is 0 Å². The fourth-order valence-electron chi connectivity index (χ4n) is 1.52. The van der Waals surface area contributed by atoms with Crippen molar-refractivity contribution in [2.24, 2.45) is 5.16 Å². The van der Waals surface area contributed by atoms with E-state index in [1.165, 1.54) is 5.56 Å². The van der Waals surface area contributed by atoms with Gasteiger partial charge in [0, 0.05) is 0 Å². The highest BCUT2D eigenvalue weighted by Crippen LogP contribution is 2.14. The van der Waals surface area contributed by atoms with E-state index in [1.807, 2.05) is 30.8 Å². The topological polar surface area (TPSA) is 41.8 Å². The summed E-state index contributed by atoms with van der Waals surface area (Å²) in [7, 11) is 0. The van der Waals surface area contributed by atoms with E-state index in [9.17, 15) is 0 Å². The first kappa shape index (κ1) is 14.9. The van der Waals surface area contributed by atoms with Crippen molar-refractivity contribution in [3.8, 4) is 5.75 Å². The van der Waals surface area contributed by atoms with Crippen molar-refractivity contribution in [1.82, 2.24) is 0 Å². The summed E-state index contributed by atoms with van der Waals surface area (Å²) in [6, 6.07) is 8.13. The molecule has 1 N–H and O–H groups in total. The van der Waals surface area contributed by atoms with Crippen LogP contribution in [0.2, 0.25) is 0 Å². The minimum atomic E-state index is 0.757. The molecule has 0 aliphatic rings. The summed E-state index contributed by atoms with van der Waals surface area (Å²) in [5, 5.41) is 11.7. The van der Waals surface area contributed by atoms with Crippen LogP contribution < -0.4 is 4.74 Å². The number of oxime groups is 1.